The number of rotatable bonds is 7. The van der Waals surface area contributed by atoms with Gasteiger partial charge in [0, 0.05) is 39.1 Å². The van der Waals surface area contributed by atoms with Gasteiger partial charge < -0.3 is 24.0 Å². The zero-order valence-electron chi connectivity index (χ0n) is 17.9. The fraction of sp³-hybridized carbons (Fsp3) is 0.381. The minimum absolute atomic E-state index is 0.0507. The van der Waals surface area contributed by atoms with Crippen molar-refractivity contribution >= 4 is 11.7 Å². The van der Waals surface area contributed by atoms with Gasteiger partial charge in [0.15, 0.2) is 23.1 Å². The van der Waals surface area contributed by atoms with E-state index in [1.54, 1.807) is 25.2 Å². The van der Waals surface area contributed by atoms with Crippen LogP contribution in [-0.4, -0.2) is 41.8 Å². The van der Waals surface area contributed by atoms with Crippen molar-refractivity contribution in [2.24, 2.45) is 13.0 Å². The van der Waals surface area contributed by atoms with Crippen LogP contribution in [0.3, 0.4) is 0 Å². The van der Waals surface area contributed by atoms with Gasteiger partial charge in [0.25, 0.3) is 5.91 Å². The fourth-order valence-corrected chi connectivity index (χ4v) is 3.21. The van der Waals surface area contributed by atoms with Crippen molar-refractivity contribution in [2.75, 3.05) is 26.1 Å². The second kappa shape index (κ2) is 8.56. The number of methoxy groups -OCH3 is 1. The predicted octanol–water partition coefficient (Wildman–Crippen LogP) is 3.42. The van der Waals surface area contributed by atoms with Gasteiger partial charge in [0.05, 0.1) is 13.2 Å². The molecule has 1 N–H and O–H groups in total. The molecule has 8 nitrogen and oxygen atoms in total. The van der Waals surface area contributed by atoms with Gasteiger partial charge in [-0.1, -0.05) is 19.0 Å². The minimum Gasteiger partial charge on any atom is -0.494 e. The van der Waals surface area contributed by atoms with Crippen LogP contribution in [-0.2, 0) is 7.05 Å². The summed E-state index contributed by atoms with van der Waals surface area (Å²) >= 11 is 0. The first-order valence-corrected chi connectivity index (χ1v) is 9.53. The van der Waals surface area contributed by atoms with Gasteiger partial charge in [-0.3, -0.25) is 4.79 Å². The number of ether oxygens (including phenoxy) is 1. The number of aromatic nitrogens is 3. The second-order valence-corrected chi connectivity index (χ2v) is 7.55. The molecule has 9 heteroatoms. The normalized spacial score (nSPS) is 12.1. The highest BCUT2D eigenvalue weighted by Crippen LogP contribution is 2.34. The van der Waals surface area contributed by atoms with E-state index in [9.17, 15) is 9.18 Å². The largest absolute Gasteiger partial charge is 0.494 e. The number of nitrogens with one attached hydrogen (secondary N) is 1. The van der Waals surface area contributed by atoms with E-state index < -0.39 is 5.82 Å². The summed E-state index contributed by atoms with van der Waals surface area (Å²) in [5, 5.41) is 7.11. The lowest BCUT2D eigenvalue weighted by atomic mass is 10.0. The van der Waals surface area contributed by atoms with E-state index in [4.69, 9.17) is 9.26 Å². The summed E-state index contributed by atoms with van der Waals surface area (Å²) in [5.41, 5.74) is 0.741. The molecule has 1 amide bonds. The summed E-state index contributed by atoms with van der Waals surface area (Å²) in [4.78, 5) is 19.5. The van der Waals surface area contributed by atoms with Crippen LogP contribution in [0.5, 0.6) is 5.75 Å². The Morgan fingerprint density at radius 3 is 2.63 bits per heavy atom. The fourth-order valence-electron chi connectivity index (χ4n) is 3.21. The van der Waals surface area contributed by atoms with E-state index >= 15 is 0 Å². The molecule has 2 aromatic heterocycles. The molecule has 0 aliphatic heterocycles. The minimum atomic E-state index is -0.505. The van der Waals surface area contributed by atoms with Crippen molar-refractivity contribution in [3.05, 3.63) is 47.8 Å². The molecule has 0 bridgehead atoms. The Kier molecular flexibility index (Phi) is 6.09. The van der Waals surface area contributed by atoms with Crippen molar-refractivity contribution in [1.82, 2.24) is 20.0 Å². The number of benzene rings is 1. The molecule has 30 heavy (non-hydrogen) atoms. The number of nitrogens with zero attached hydrogens (tertiary/aromatic N) is 4. The molecule has 0 fully saturated rings. The molecule has 160 valence electrons. The Labute approximate surface area is 174 Å². The monoisotopic (exact) mass is 415 g/mol. The number of hydrogen-bond donors (Lipinski definition) is 1. The van der Waals surface area contributed by atoms with E-state index in [0.717, 1.165) is 5.82 Å². The Bertz CT molecular complexity index is 1040. The van der Waals surface area contributed by atoms with Crippen LogP contribution in [0.15, 0.2) is 35.1 Å². The first-order chi connectivity index (χ1) is 14.2. The van der Waals surface area contributed by atoms with Crippen molar-refractivity contribution < 1.29 is 18.4 Å². The molecule has 0 aliphatic rings. The van der Waals surface area contributed by atoms with E-state index in [-0.39, 0.29) is 34.9 Å². The zero-order valence-corrected chi connectivity index (χ0v) is 17.9. The first kappa shape index (κ1) is 21.4. The summed E-state index contributed by atoms with van der Waals surface area (Å²) in [6.07, 6.45) is 3.52. The summed E-state index contributed by atoms with van der Waals surface area (Å²) in [7, 11) is 6.79. The number of aryl methyl sites for hydroxylation is 1. The number of carbonyl (C=O) groups excluding carboxylic acids is 1. The topological polar surface area (TPSA) is 85.4 Å². The number of amides is 1. The highest BCUT2D eigenvalue weighted by atomic mass is 19.1. The Morgan fingerprint density at radius 1 is 1.33 bits per heavy atom. The summed E-state index contributed by atoms with van der Waals surface area (Å²) in [5.74, 6) is 0.618. The van der Waals surface area contributed by atoms with Gasteiger partial charge >= 0.3 is 0 Å². The van der Waals surface area contributed by atoms with Gasteiger partial charge in [0.1, 0.15) is 11.4 Å². The molecular formula is C21H26FN5O3. The second-order valence-electron chi connectivity index (χ2n) is 7.55. The van der Waals surface area contributed by atoms with Crippen molar-refractivity contribution in [3.63, 3.8) is 0 Å². The van der Waals surface area contributed by atoms with Crippen LogP contribution >= 0.6 is 0 Å². The molecule has 0 spiro atoms. The quantitative estimate of drug-likeness (QED) is 0.637. The van der Waals surface area contributed by atoms with Gasteiger partial charge in [-0.15, -0.1) is 0 Å². The van der Waals surface area contributed by atoms with Crippen LogP contribution in [0.4, 0.5) is 10.2 Å². The van der Waals surface area contributed by atoms with Crippen LogP contribution in [0, 0.1) is 11.7 Å². The number of hydrogen-bond acceptors (Lipinski definition) is 6. The third kappa shape index (κ3) is 4.00. The lowest BCUT2D eigenvalue weighted by molar-refractivity contribution is 0.0923. The first-order valence-electron chi connectivity index (χ1n) is 9.53. The smallest absolute Gasteiger partial charge is 0.259 e. The third-order valence-corrected chi connectivity index (χ3v) is 4.83. The summed E-state index contributed by atoms with van der Waals surface area (Å²) < 4.78 is 26.3. The molecule has 1 aromatic carbocycles. The maximum absolute atomic E-state index is 13.9. The lowest BCUT2D eigenvalue weighted by Gasteiger charge is -2.22. The number of carbonyl (C=O) groups is 1. The van der Waals surface area contributed by atoms with Crippen molar-refractivity contribution in [2.45, 2.75) is 19.9 Å². The Balaban J connectivity index is 2.05. The maximum Gasteiger partial charge on any atom is 0.259 e. The van der Waals surface area contributed by atoms with E-state index in [2.05, 4.69) is 15.5 Å². The molecule has 1 atom stereocenters. The van der Waals surface area contributed by atoms with Crippen molar-refractivity contribution in [3.8, 4) is 17.1 Å². The highest BCUT2D eigenvalue weighted by Gasteiger charge is 2.30. The average molecular weight is 415 g/mol. The molecule has 3 aromatic rings. The van der Waals surface area contributed by atoms with Crippen LogP contribution in [0.1, 0.15) is 36.1 Å². The number of imidazole rings is 1. The van der Waals surface area contributed by atoms with Gasteiger partial charge in [-0.05, 0) is 24.1 Å². The van der Waals surface area contributed by atoms with E-state index in [1.165, 1.54) is 25.3 Å². The van der Waals surface area contributed by atoms with Crippen LogP contribution in [0.25, 0.3) is 11.3 Å². The zero-order chi connectivity index (χ0) is 22.0. The molecule has 3 rings (SSSR count). The lowest BCUT2D eigenvalue weighted by Crippen LogP contribution is -2.34. The van der Waals surface area contributed by atoms with Gasteiger partial charge in [-0.25, -0.2) is 9.37 Å². The summed E-state index contributed by atoms with van der Waals surface area (Å²) in [6, 6.07) is 3.94. The number of anilines is 1. The molecule has 1 unspecified atom stereocenters. The number of halogens is 1. The highest BCUT2D eigenvalue weighted by molar-refractivity contribution is 6.04. The SMILES string of the molecule is COc1cc(-c2onc(N(C)C)c2C(=O)NC(c2nccn2C)C(C)C)ccc1F. The molecule has 0 saturated heterocycles. The molecule has 0 aliphatic carbocycles. The van der Waals surface area contributed by atoms with Gasteiger partial charge in [0.2, 0.25) is 0 Å². The average Bonchev–Trinajstić information content (AvgIpc) is 3.32. The standard InChI is InChI=1S/C21H26FN5O3/c1-12(2)17(20-23-9-10-27(20)5)24-21(28)16-18(30-25-19(16)26(3)4)13-7-8-14(22)15(11-13)29-6/h7-12,17H,1-6H3,(H,24,28). The molecule has 0 saturated carbocycles. The van der Waals surface area contributed by atoms with Crippen LogP contribution < -0.4 is 15.0 Å². The summed E-state index contributed by atoms with van der Waals surface area (Å²) in [6.45, 7) is 4.01. The van der Waals surface area contributed by atoms with E-state index in [1.807, 2.05) is 31.7 Å². The Hall–Kier alpha value is -3.36. The van der Waals surface area contributed by atoms with Gasteiger partial charge in [-0.2, -0.15) is 0 Å². The van der Waals surface area contributed by atoms with E-state index in [0.29, 0.717) is 11.4 Å². The Morgan fingerprint density at radius 2 is 2.07 bits per heavy atom. The van der Waals surface area contributed by atoms with Crippen molar-refractivity contribution in [1.29, 1.82) is 0 Å². The maximum atomic E-state index is 13.9. The molecule has 2 heterocycles. The van der Waals surface area contributed by atoms with Crippen LogP contribution in [0.2, 0.25) is 0 Å². The third-order valence-electron chi connectivity index (χ3n) is 4.83. The predicted molar refractivity (Wildman–Crippen MR) is 111 cm³/mol. The molecular weight excluding hydrogens is 389 g/mol. The molecule has 0 radical (unpaired) electrons.